The number of halogens is 1. The van der Waals surface area contributed by atoms with Crippen LogP contribution in [-0.4, -0.2) is 12.5 Å². The van der Waals surface area contributed by atoms with Gasteiger partial charge < -0.3 is 5.73 Å². The third-order valence-electron chi connectivity index (χ3n) is 2.40. The summed E-state index contributed by atoms with van der Waals surface area (Å²) in [6.45, 7) is 0. The fourth-order valence-electron chi connectivity index (χ4n) is 1.47. The van der Waals surface area contributed by atoms with Crippen LogP contribution in [0.25, 0.3) is 0 Å². The number of anilines is 1. The first-order chi connectivity index (χ1) is 9.31. The first-order valence-corrected chi connectivity index (χ1v) is 8.17. The van der Waals surface area contributed by atoms with E-state index in [0.717, 1.165) is 11.8 Å². The number of benzene rings is 2. The van der Waals surface area contributed by atoms with Gasteiger partial charge in [0.1, 0.15) is 0 Å². The molecule has 0 amide bonds. The molecule has 19 heavy (non-hydrogen) atoms. The van der Waals surface area contributed by atoms with Crippen molar-refractivity contribution in [3.05, 3.63) is 59.7 Å². The molecule has 2 rings (SSSR count). The number of rotatable bonds is 3. The normalized spacial score (nSPS) is 9.84. The number of carbonyl (C=O) groups excluding carboxylic acids is 1. The maximum absolute atomic E-state index is 10.8. The molecular weight excluding hydrogens is 443 g/mol. The quantitative estimate of drug-likeness (QED) is 0.438. The molecule has 3 nitrogen and oxygen atoms in total. The molecule has 0 aromatic heterocycles. The predicted molar refractivity (Wildman–Crippen MR) is 75.8 cm³/mol. The minimum atomic E-state index is 0.568. The van der Waals surface area contributed by atoms with Gasteiger partial charge in [-0.2, -0.15) is 0 Å². The summed E-state index contributed by atoms with van der Waals surface area (Å²) in [4.78, 5) is 15.1. The average molecular weight is 455 g/mol. The molecule has 0 heterocycles. The Labute approximate surface area is 127 Å². The van der Waals surface area contributed by atoms with Crippen LogP contribution in [0.5, 0.6) is 0 Å². The number of nitrogens with zero attached hydrogens (tertiary/aromatic N) is 1. The summed E-state index contributed by atoms with van der Waals surface area (Å²) in [5.41, 5.74) is 8.51. The molecule has 0 spiro atoms. The molecule has 2 aromatic rings. The predicted octanol–water partition coefficient (Wildman–Crippen LogP) is 3.52. The first-order valence-electron chi connectivity index (χ1n) is 5.36. The Balaban J connectivity index is 0.000000861. The fourth-order valence-corrected chi connectivity index (χ4v) is 1.47. The molecule has 0 bridgehead atoms. The number of nitrogens with two attached hydrogens (primary N) is 1. The van der Waals surface area contributed by atoms with Crippen LogP contribution >= 0.6 is 9.42 Å². The van der Waals surface area contributed by atoms with Gasteiger partial charge >= 0.3 is 28.2 Å². The molecule has 2 N–H and O–H groups in total. The summed E-state index contributed by atoms with van der Waals surface area (Å²) in [6.07, 6.45) is 2.46. The molecule has 0 aliphatic rings. The van der Waals surface area contributed by atoms with E-state index in [-0.39, 0.29) is 0 Å². The van der Waals surface area contributed by atoms with E-state index >= 15 is 0 Å². The van der Waals surface area contributed by atoms with Gasteiger partial charge in [0.15, 0.2) is 6.29 Å². The Morgan fingerprint density at radius 2 is 1.58 bits per heavy atom. The van der Waals surface area contributed by atoms with E-state index in [2.05, 4.69) is 14.4 Å². The van der Waals surface area contributed by atoms with Crippen molar-refractivity contribution in [2.24, 2.45) is 4.99 Å². The van der Waals surface area contributed by atoms with E-state index < -0.39 is 0 Å². The molecule has 0 radical (unpaired) electrons. The molecule has 2 aromatic carbocycles. The molecular formula is C14H12ClN2OPt+. The van der Waals surface area contributed by atoms with Crippen LogP contribution in [-0.2, 0) is 18.8 Å². The van der Waals surface area contributed by atoms with Gasteiger partial charge in [-0.3, -0.25) is 9.79 Å². The number of carbonyl (C=O) groups is 1. The van der Waals surface area contributed by atoms with Gasteiger partial charge in [-0.15, -0.1) is 0 Å². The molecule has 100 valence electrons. The third kappa shape index (κ3) is 4.62. The number of aldehydes is 1. The van der Waals surface area contributed by atoms with Gasteiger partial charge in [0, 0.05) is 23.0 Å². The van der Waals surface area contributed by atoms with Crippen LogP contribution in [0.1, 0.15) is 15.9 Å². The molecule has 0 atom stereocenters. The second-order valence-corrected chi connectivity index (χ2v) is 3.56. The van der Waals surface area contributed by atoms with Crippen molar-refractivity contribution in [3.63, 3.8) is 0 Å². The Morgan fingerprint density at radius 1 is 1.00 bits per heavy atom. The Hall–Kier alpha value is -1.44. The number of hydrogen-bond donors (Lipinski definition) is 1. The summed E-state index contributed by atoms with van der Waals surface area (Å²) < 4.78 is 0. The third-order valence-corrected chi connectivity index (χ3v) is 2.40. The van der Waals surface area contributed by atoms with Crippen LogP contribution in [0.4, 0.5) is 11.4 Å². The summed E-state index contributed by atoms with van der Waals surface area (Å²) in [6, 6.07) is 14.6. The summed E-state index contributed by atoms with van der Waals surface area (Å²) in [5, 5.41) is 0. The van der Waals surface area contributed by atoms with Crippen molar-refractivity contribution < 1.29 is 23.6 Å². The van der Waals surface area contributed by atoms with Crippen LogP contribution in [0.15, 0.2) is 53.5 Å². The molecule has 0 aliphatic heterocycles. The van der Waals surface area contributed by atoms with Gasteiger partial charge in [0.2, 0.25) is 0 Å². The number of aliphatic imine (C=N–C) groups is 1. The Bertz CT molecular complexity index is 573. The molecule has 0 saturated heterocycles. The van der Waals surface area contributed by atoms with Crippen LogP contribution in [0.3, 0.4) is 0 Å². The first kappa shape index (κ1) is 15.6. The minimum absolute atomic E-state index is 0.568. The second kappa shape index (κ2) is 8.62. The van der Waals surface area contributed by atoms with Gasteiger partial charge in [-0.1, -0.05) is 30.3 Å². The van der Waals surface area contributed by atoms with Crippen LogP contribution in [0, 0.1) is 0 Å². The zero-order valence-electron chi connectivity index (χ0n) is 9.90. The molecule has 0 saturated carbocycles. The zero-order chi connectivity index (χ0) is 14.1. The van der Waals surface area contributed by atoms with E-state index in [1.165, 1.54) is 0 Å². The molecule has 0 unspecified atom stereocenters. The zero-order valence-corrected chi connectivity index (χ0v) is 12.9. The van der Waals surface area contributed by atoms with E-state index in [4.69, 9.17) is 5.73 Å². The summed E-state index contributed by atoms with van der Waals surface area (Å²) in [7, 11) is 4.61. The van der Waals surface area contributed by atoms with Gasteiger partial charge in [0.25, 0.3) is 0 Å². The average Bonchev–Trinajstić information content (AvgIpc) is 2.49. The van der Waals surface area contributed by atoms with Crippen molar-refractivity contribution in [1.82, 2.24) is 0 Å². The standard InChI is InChI=1S/C14H12N2O.ClH.Pt/c15-13-7-3-1-5-11(13)9-16-14-8-4-2-6-12(14)10-17;;/h1-10H,15H2;1H;/q;;+2/p-1. The van der Waals surface area contributed by atoms with Gasteiger partial charge in [-0.05, 0) is 18.2 Å². The SMILES string of the molecule is Nc1ccccc1C=Nc1ccccc1C=O.[Cl][Pt+]. The fraction of sp³-hybridized carbons (Fsp3) is 0. The number of para-hydroxylation sites is 2. The molecule has 0 fully saturated rings. The topological polar surface area (TPSA) is 55.4 Å². The molecule has 0 aliphatic carbocycles. The Kier molecular flexibility index (Phi) is 7.09. The van der Waals surface area contributed by atoms with E-state index in [9.17, 15) is 4.79 Å². The van der Waals surface area contributed by atoms with Gasteiger partial charge in [-0.25, -0.2) is 0 Å². The van der Waals surface area contributed by atoms with Crippen molar-refractivity contribution in [3.8, 4) is 0 Å². The molecule has 5 heteroatoms. The van der Waals surface area contributed by atoms with E-state index in [0.29, 0.717) is 16.9 Å². The van der Waals surface area contributed by atoms with Gasteiger partial charge in [0.05, 0.1) is 5.69 Å². The van der Waals surface area contributed by atoms with Crippen molar-refractivity contribution in [2.45, 2.75) is 0 Å². The maximum atomic E-state index is 10.8. The number of hydrogen-bond acceptors (Lipinski definition) is 3. The monoisotopic (exact) mass is 454 g/mol. The van der Waals surface area contributed by atoms with Crippen molar-refractivity contribution in [1.29, 1.82) is 0 Å². The summed E-state index contributed by atoms with van der Waals surface area (Å²) in [5.74, 6) is 0. The second-order valence-electron chi connectivity index (χ2n) is 3.56. The Morgan fingerprint density at radius 3 is 2.21 bits per heavy atom. The van der Waals surface area contributed by atoms with Crippen LogP contribution in [0.2, 0.25) is 0 Å². The van der Waals surface area contributed by atoms with E-state index in [1.54, 1.807) is 43.2 Å². The van der Waals surface area contributed by atoms with Crippen LogP contribution < -0.4 is 5.73 Å². The summed E-state index contributed by atoms with van der Waals surface area (Å²) >= 11 is 1.61. The number of nitrogen functional groups attached to an aromatic ring is 1. The van der Waals surface area contributed by atoms with Crippen molar-refractivity contribution >= 4 is 33.3 Å². The van der Waals surface area contributed by atoms with E-state index in [1.807, 2.05) is 30.3 Å². The van der Waals surface area contributed by atoms with Crippen molar-refractivity contribution in [2.75, 3.05) is 5.73 Å².